The lowest BCUT2D eigenvalue weighted by Gasteiger charge is -2.38. The number of halogens is 1. The SMILES string of the molecule is Cc1ccc(C(C)C)c(OCC(=O)N2CCC3(CCNC3)CC2)c1.Cl. The van der Waals surface area contributed by atoms with Crippen molar-refractivity contribution in [3.05, 3.63) is 29.3 Å². The second-order valence-corrected chi connectivity index (χ2v) is 7.79. The van der Waals surface area contributed by atoms with Crippen LogP contribution >= 0.6 is 12.4 Å². The van der Waals surface area contributed by atoms with E-state index in [1.54, 1.807) is 0 Å². The van der Waals surface area contributed by atoms with E-state index in [2.05, 4.69) is 38.2 Å². The molecule has 25 heavy (non-hydrogen) atoms. The van der Waals surface area contributed by atoms with Gasteiger partial charge in [-0.15, -0.1) is 12.4 Å². The number of carbonyl (C=O) groups is 1. The fraction of sp³-hybridized carbons (Fsp3) is 0.650. The van der Waals surface area contributed by atoms with Crippen molar-refractivity contribution in [1.82, 2.24) is 10.2 Å². The van der Waals surface area contributed by atoms with Crippen molar-refractivity contribution in [3.63, 3.8) is 0 Å². The Morgan fingerprint density at radius 2 is 2.00 bits per heavy atom. The summed E-state index contributed by atoms with van der Waals surface area (Å²) >= 11 is 0. The van der Waals surface area contributed by atoms with Crippen molar-refractivity contribution in [2.24, 2.45) is 5.41 Å². The Hall–Kier alpha value is -1.26. The van der Waals surface area contributed by atoms with Gasteiger partial charge in [0.2, 0.25) is 0 Å². The highest BCUT2D eigenvalue weighted by atomic mass is 35.5. The number of ether oxygens (including phenoxy) is 1. The van der Waals surface area contributed by atoms with Crippen LogP contribution in [0.1, 0.15) is 50.2 Å². The topological polar surface area (TPSA) is 41.6 Å². The van der Waals surface area contributed by atoms with Crippen LogP contribution in [0.5, 0.6) is 5.75 Å². The lowest BCUT2D eigenvalue weighted by molar-refractivity contribution is -0.135. The Labute approximate surface area is 157 Å². The first-order valence-corrected chi connectivity index (χ1v) is 9.21. The predicted octanol–water partition coefficient (Wildman–Crippen LogP) is 3.52. The van der Waals surface area contributed by atoms with Gasteiger partial charge < -0.3 is 15.0 Å². The molecule has 3 rings (SSSR count). The molecular weight excluding hydrogens is 336 g/mol. The molecule has 1 spiro atoms. The Bertz CT molecular complexity index is 587. The van der Waals surface area contributed by atoms with Crippen molar-refractivity contribution >= 4 is 18.3 Å². The summed E-state index contributed by atoms with van der Waals surface area (Å²) in [6, 6.07) is 6.25. The molecule has 0 atom stereocenters. The molecule has 2 heterocycles. The van der Waals surface area contributed by atoms with Gasteiger partial charge >= 0.3 is 0 Å². The Morgan fingerprint density at radius 3 is 2.60 bits per heavy atom. The zero-order chi connectivity index (χ0) is 17.2. The van der Waals surface area contributed by atoms with Gasteiger partial charge in [0.1, 0.15) is 5.75 Å². The number of piperidine rings is 1. The quantitative estimate of drug-likeness (QED) is 0.886. The van der Waals surface area contributed by atoms with E-state index in [9.17, 15) is 4.79 Å². The third kappa shape index (κ3) is 4.68. The fourth-order valence-electron chi connectivity index (χ4n) is 3.93. The van der Waals surface area contributed by atoms with Gasteiger partial charge in [-0.1, -0.05) is 26.0 Å². The molecule has 1 aromatic carbocycles. The molecule has 1 N–H and O–H groups in total. The number of amides is 1. The van der Waals surface area contributed by atoms with E-state index >= 15 is 0 Å². The second-order valence-electron chi connectivity index (χ2n) is 7.79. The molecule has 4 nitrogen and oxygen atoms in total. The smallest absolute Gasteiger partial charge is 0.260 e. The maximum atomic E-state index is 12.5. The minimum Gasteiger partial charge on any atom is -0.483 e. The van der Waals surface area contributed by atoms with Crippen molar-refractivity contribution in [1.29, 1.82) is 0 Å². The van der Waals surface area contributed by atoms with Crippen LogP contribution in [0.2, 0.25) is 0 Å². The number of likely N-dealkylation sites (tertiary alicyclic amines) is 1. The summed E-state index contributed by atoms with van der Waals surface area (Å²) in [6.07, 6.45) is 3.49. The van der Waals surface area contributed by atoms with Crippen LogP contribution in [0.15, 0.2) is 18.2 Å². The minimum atomic E-state index is 0. The molecule has 0 unspecified atom stereocenters. The predicted molar refractivity (Wildman–Crippen MR) is 104 cm³/mol. The molecule has 1 aromatic rings. The van der Waals surface area contributed by atoms with E-state index < -0.39 is 0 Å². The average Bonchev–Trinajstić information content (AvgIpc) is 3.01. The molecule has 2 fully saturated rings. The van der Waals surface area contributed by atoms with Gasteiger partial charge in [-0.3, -0.25) is 4.79 Å². The van der Waals surface area contributed by atoms with Crippen molar-refractivity contribution in [3.8, 4) is 5.75 Å². The van der Waals surface area contributed by atoms with Crippen LogP contribution in [-0.2, 0) is 4.79 Å². The lowest BCUT2D eigenvalue weighted by atomic mass is 9.78. The molecule has 0 aromatic heterocycles. The van der Waals surface area contributed by atoms with Crippen molar-refractivity contribution in [2.75, 3.05) is 32.8 Å². The van der Waals surface area contributed by atoms with Crippen LogP contribution < -0.4 is 10.1 Å². The van der Waals surface area contributed by atoms with Crippen LogP contribution in [0, 0.1) is 12.3 Å². The minimum absolute atomic E-state index is 0. The summed E-state index contributed by atoms with van der Waals surface area (Å²) in [5.74, 6) is 1.36. The number of nitrogens with zero attached hydrogens (tertiary/aromatic N) is 1. The van der Waals surface area contributed by atoms with Crippen molar-refractivity contribution in [2.45, 2.75) is 46.0 Å². The van der Waals surface area contributed by atoms with Crippen LogP contribution in [0.4, 0.5) is 0 Å². The summed E-state index contributed by atoms with van der Waals surface area (Å²) < 4.78 is 5.91. The van der Waals surface area contributed by atoms with E-state index in [0.29, 0.717) is 11.3 Å². The van der Waals surface area contributed by atoms with Gasteiger partial charge in [0.15, 0.2) is 6.61 Å². The van der Waals surface area contributed by atoms with Gasteiger partial charge in [-0.2, -0.15) is 0 Å². The van der Waals surface area contributed by atoms with Gasteiger partial charge in [-0.25, -0.2) is 0 Å². The van der Waals surface area contributed by atoms with Gasteiger partial charge in [0.25, 0.3) is 5.91 Å². The van der Waals surface area contributed by atoms with E-state index in [1.165, 1.54) is 12.0 Å². The van der Waals surface area contributed by atoms with Gasteiger partial charge in [0.05, 0.1) is 0 Å². The third-order valence-electron chi connectivity index (χ3n) is 5.65. The molecule has 2 aliphatic heterocycles. The highest BCUT2D eigenvalue weighted by Crippen LogP contribution is 2.37. The largest absolute Gasteiger partial charge is 0.483 e. The number of hydrogen-bond donors (Lipinski definition) is 1. The number of nitrogens with one attached hydrogen (secondary N) is 1. The highest BCUT2D eigenvalue weighted by molar-refractivity contribution is 5.85. The molecule has 0 bridgehead atoms. The van der Waals surface area contributed by atoms with E-state index in [4.69, 9.17) is 4.74 Å². The molecule has 0 saturated carbocycles. The molecule has 5 heteroatoms. The third-order valence-corrected chi connectivity index (χ3v) is 5.65. The number of carbonyl (C=O) groups excluding carboxylic acids is 1. The maximum Gasteiger partial charge on any atom is 0.260 e. The second kappa shape index (κ2) is 8.41. The van der Waals surface area contributed by atoms with Gasteiger partial charge in [-0.05, 0) is 61.3 Å². The Kier molecular flexibility index (Phi) is 6.75. The summed E-state index contributed by atoms with van der Waals surface area (Å²) in [5.41, 5.74) is 2.78. The molecule has 2 aliphatic rings. The highest BCUT2D eigenvalue weighted by Gasteiger charge is 2.38. The Balaban J connectivity index is 0.00000225. The number of rotatable bonds is 4. The standard InChI is InChI=1S/C20H30N2O2.ClH/c1-15(2)17-5-4-16(3)12-18(17)24-13-19(23)22-10-7-20(8-11-22)6-9-21-14-20;/h4-5,12,15,21H,6-11,13-14H2,1-3H3;1H. The fourth-order valence-corrected chi connectivity index (χ4v) is 3.93. The Morgan fingerprint density at radius 1 is 1.28 bits per heavy atom. The van der Waals surface area contributed by atoms with E-state index in [1.807, 2.05) is 11.0 Å². The maximum absolute atomic E-state index is 12.5. The molecule has 140 valence electrons. The zero-order valence-corrected chi connectivity index (χ0v) is 16.5. The summed E-state index contributed by atoms with van der Waals surface area (Å²) in [5, 5.41) is 3.47. The summed E-state index contributed by atoms with van der Waals surface area (Å²) in [7, 11) is 0. The monoisotopic (exact) mass is 366 g/mol. The van der Waals surface area contributed by atoms with Crippen molar-refractivity contribution < 1.29 is 9.53 Å². The molecule has 2 saturated heterocycles. The first kappa shape index (κ1) is 20.1. The number of benzene rings is 1. The van der Waals surface area contributed by atoms with Crippen LogP contribution in [0.25, 0.3) is 0 Å². The summed E-state index contributed by atoms with van der Waals surface area (Å²) in [6.45, 7) is 10.5. The lowest BCUT2D eigenvalue weighted by Crippen LogP contribution is -2.45. The number of aryl methyl sites for hydroxylation is 1. The molecule has 0 radical (unpaired) electrons. The zero-order valence-electron chi connectivity index (χ0n) is 15.6. The molecule has 1 amide bonds. The van der Waals surface area contributed by atoms with Crippen LogP contribution in [0.3, 0.4) is 0 Å². The molecular formula is C20H31ClN2O2. The van der Waals surface area contributed by atoms with Gasteiger partial charge in [0, 0.05) is 19.6 Å². The normalized spacial score (nSPS) is 19.1. The number of hydrogen-bond acceptors (Lipinski definition) is 3. The van der Waals surface area contributed by atoms with Crippen LogP contribution in [-0.4, -0.2) is 43.6 Å². The van der Waals surface area contributed by atoms with E-state index in [0.717, 1.165) is 50.3 Å². The first-order valence-electron chi connectivity index (χ1n) is 9.21. The molecule has 0 aliphatic carbocycles. The first-order chi connectivity index (χ1) is 11.5. The summed E-state index contributed by atoms with van der Waals surface area (Å²) in [4.78, 5) is 14.5. The van der Waals surface area contributed by atoms with E-state index in [-0.39, 0.29) is 24.9 Å². The average molecular weight is 367 g/mol.